The van der Waals surface area contributed by atoms with E-state index in [9.17, 15) is 18.7 Å². The maximum atomic E-state index is 13.0. The van der Waals surface area contributed by atoms with Gasteiger partial charge in [0.05, 0.1) is 6.54 Å². The summed E-state index contributed by atoms with van der Waals surface area (Å²) in [5.41, 5.74) is 6.06. The van der Waals surface area contributed by atoms with Gasteiger partial charge in [-0.1, -0.05) is 12.1 Å². The van der Waals surface area contributed by atoms with Crippen LogP contribution in [0.25, 0.3) is 0 Å². The zero-order valence-electron chi connectivity index (χ0n) is 10.3. The summed E-state index contributed by atoms with van der Waals surface area (Å²) in [7, 11) is 0. The maximum Gasteiger partial charge on any atom is 0.242 e. The maximum absolute atomic E-state index is 13.0. The highest BCUT2D eigenvalue weighted by Gasteiger charge is 2.32. The van der Waals surface area contributed by atoms with Gasteiger partial charge in [0.2, 0.25) is 5.91 Å². The Kier molecular flexibility index (Phi) is 4.11. The Hall–Kier alpha value is -1.53. The topological polar surface area (TPSA) is 66.6 Å². The first-order valence-electron chi connectivity index (χ1n) is 6.11. The van der Waals surface area contributed by atoms with Crippen molar-refractivity contribution in [2.75, 3.05) is 13.1 Å². The van der Waals surface area contributed by atoms with Crippen LogP contribution in [0.3, 0.4) is 0 Å². The highest BCUT2D eigenvalue weighted by molar-refractivity contribution is 5.82. The standard InChI is InChI=1S/C13H16F2N2O2/c14-9-3-1-8(2-4-9)12(18)11(16)13(19)17-6-5-10(15)7-17/h1-4,10-12,18H,5-7,16H2/t10-,11+,12-/m0/s1. The second-order valence-corrected chi connectivity index (χ2v) is 4.69. The first kappa shape index (κ1) is 13.9. The molecule has 0 unspecified atom stereocenters. The van der Waals surface area contributed by atoms with Crippen molar-refractivity contribution in [1.82, 2.24) is 4.90 Å². The number of rotatable bonds is 3. The van der Waals surface area contributed by atoms with E-state index < -0.39 is 30.0 Å². The number of amides is 1. The largest absolute Gasteiger partial charge is 0.386 e. The molecule has 4 nitrogen and oxygen atoms in total. The van der Waals surface area contributed by atoms with Gasteiger partial charge in [0.15, 0.2) is 0 Å². The van der Waals surface area contributed by atoms with Gasteiger partial charge in [0.1, 0.15) is 24.1 Å². The molecule has 0 bridgehead atoms. The number of aliphatic hydroxyl groups excluding tert-OH is 1. The fourth-order valence-corrected chi connectivity index (χ4v) is 2.13. The molecule has 6 heteroatoms. The lowest BCUT2D eigenvalue weighted by molar-refractivity contribution is -0.134. The lowest BCUT2D eigenvalue weighted by Gasteiger charge is -2.24. The van der Waals surface area contributed by atoms with Gasteiger partial charge in [0, 0.05) is 6.54 Å². The van der Waals surface area contributed by atoms with E-state index in [0.29, 0.717) is 18.5 Å². The Bertz CT molecular complexity index is 452. The van der Waals surface area contributed by atoms with Crippen molar-refractivity contribution in [3.8, 4) is 0 Å². The van der Waals surface area contributed by atoms with E-state index in [-0.39, 0.29) is 6.54 Å². The molecule has 1 saturated heterocycles. The van der Waals surface area contributed by atoms with Crippen molar-refractivity contribution in [2.24, 2.45) is 5.73 Å². The van der Waals surface area contributed by atoms with Gasteiger partial charge in [0.25, 0.3) is 0 Å². The first-order valence-corrected chi connectivity index (χ1v) is 6.11. The van der Waals surface area contributed by atoms with Gasteiger partial charge in [-0.15, -0.1) is 0 Å². The molecule has 0 saturated carbocycles. The highest BCUT2D eigenvalue weighted by atomic mass is 19.1. The Morgan fingerprint density at radius 1 is 1.42 bits per heavy atom. The van der Waals surface area contributed by atoms with Gasteiger partial charge in [-0.2, -0.15) is 0 Å². The Labute approximate surface area is 109 Å². The molecule has 19 heavy (non-hydrogen) atoms. The molecule has 1 aromatic carbocycles. The minimum Gasteiger partial charge on any atom is -0.386 e. The minimum absolute atomic E-state index is 0.0165. The van der Waals surface area contributed by atoms with Gasteiger partial charge in [-0.05, 0) is 24.1 Å². The summed E-state index contributed by atoms with van der Waals surface area (Å²) in [5.74, 6) is -0.923. The third kappa shape index (κ3) is 3.08. The number of halogens is 2. The van der Waals surface area contributed by atoms with Crippen LogP contribution in [0.15, 0.2) is 24.3 Å². The molecule has 104 valence electrons. The minimum atomic E-state index is -1.23. The van der Waals surface area contributed by atoms with E-state index in [1.807, 2.05) is 0 Å². The zero-order valence-corrected chi connectivity index (χ0v) is 10.3. The van der Waals surface area contributed by atoms with Crippen molar-refractivity contribution in [2.45, 2.75) is 24.7 Å². The molecule has 1 aromatic rings. The number of likely N-dealkylation sites (tertiary alicyclic amines) is 1. The number of hydrogen-bond donors (Lipinski definition) is 2. The Morgan fingerprint density at radius 3 is 2.58 bits per heavy atom. The molecule has 3 N–H and O–H groups in total. The average molecular weight is 270 g/mol. The molecule has 1 heterocycles. The van der Waals surface area contributed by atoms with Gasteiger partial charge < -0.3 is 15.7 Å². The molecule has 0 aromatic heterocycles. The molecule has 1 amide bonds. The fraction of sp³-hybridized carbons (Fsp3) is 0.462. The molecule has 1 aliphatic heterocycles. The second-order valence-electron chi connectivity index (χ2n) is 4.69. The van der Waals surface area contributed by atoms with E-state index in [1.54, 1.807) is 0 Å². The van der Waals surface area contributed by atoms with Crippen LogP contribution in [0.5, 0.6) is 0 Å². The smallest absolute Gasteiger partial charge is 0.242 e. The predicted octanol–water partition coefficient (Wildman–Crippen LogP) is 0.757. The third-order valence-corrected chi connectivity index (χ3v) is 3.28. The molecular formula is C13H16F2N2O2. The van der Waals surface area contributed by atoms with E-state index in [4.69, 9.17) is 5.73 Å². The van der Waals surface area contributed by atoms with Crippen LogP contribution in [0, 0.1) is 5.82 Å². The number of alkyl halides is 1. The molecule has 1 aliphatic rings. The molecule has 0 spiro atoms. The van der Waals surface area contributed by atoms with Gasteiger partial charge >= 0.3 is 0 Å². The van der Waals surface area contributed by atoms with E-state index in [1.165, 1.54) is 29.2 Å². The Morgan fingerprint density at radius 2 is 2.05 bits per heavy atom. The fourth-order valence-electron chi connectivity index (χ4n) is 2.13. The molecule has 0 radical (unpaired) electrons. The van der Waals surface area contributed by atoms with Crippen LogP contribution in [0.1, 0.15) is 18.1 Å². The van der Waals surface area contributed by atoms with Gasteiger partial charge in [-0.3, -0.25) is 4.79 Å². The van der Waals surface area contributed by atoms with Crippen molar-refractivity contribution in [3.63, 3.8) is 0 Å². The number of benzene rings is 1. The number of nitrogens with zero attached hydrogens (tertiary/aromatic N) is 1. The van der Waals surface area contributed by atoms with E-state index in [0.717, 1.165) is 0 Å². The summed E-state index contributed by atoms with van der Waals surface area (Å²) >= 11 is 0. The van der Waals surface area contributed by atoms with E-state index >= 15 is 0 Å². The number of carbonyl (C=O) groups excluding carboxylic acids is 1. The summed E-state index contributed by atoms with van der Waals surface area (Å²) in [5, 5.41) is 9.99. The SMILES string of the molecule is N[C@@H](C(=O)N1CC[C@H](F)C1)[C@@H](O)c1ccc(F)cc1. The molecular weight excluding hydrogens is 254 g/mol. The summed E-state index contributed by atoms with van der Waals surface area (Å²) in [6.45, 7) is 0.326. The van der Waals surface area contributed by atoms with Crippen molar-refractivity contribution < 1.29 is 18.7 Å². The number of hydrogen-bond acceptors (Lipinski definition) is 3. The molecule has 0 aliphatic carbocycles. The Balaban J connectivity index is 2.04. The molecule has 2 rings (SSSR count). The monoisotopic (exact) mass is 270 g/mol. The zero-order chi connectivity index (χ0) is 14.0. The van der Waals surface area contributed by atoms with Crippen LogP contribution in [-0.2, 0) is 4.79 Å². The first-order chi connectivity index (χ1) is 8.99. The van der Waals surface area contributed by atoms with Crippen LogP contribution in [0.2, 0.25) is 0 Å². The third-order valence-electron chi connectivity index (χ3n) is 3.28. The van der Waals surface area contributed by atoms with Crippen LogP contribution >= 0.6 is 0 Å². The van der Waals surface area contributed by atoms with Crippen molar-refractivity contribution in [3.05, 3.63) is 35.6 Å². The molecule has 3 atom stereocenters. The number of nitrogens with two attached hydrogens (primary N) is 1. The van der Waals surface area contributed by atoms with Gasteiger partial charge in [-0.25, -0.2) is 8.78 Å². The number of aliphatic hydroxyl groups is 1. The average Bonchev–Trinajstić information content (AvgIpc) is 2.84. The summed E-state index contributed by atoms with van der Waals surface area (Å²) in [6, 6.07) is 3.94. The summed E-state index contributed by atoms with van der Waals surface area (Å²) in [6.07, 6.45) is -1.96. The quantitative estimate of drug-likeness (QED) is 0.852. The van der Waals surface area contributed by atoms with Crippen LogP contribution in [0.4, 0.5) is 8.78 Å². The summed E-state index contributed by atoms with van der Waals surface area (Å²) in [4.78, 5) is 13.3. The normalized spacial score (nSPS) is 22.3. The van der Waals surface area contributed by atoms with E-state index in [2.05, 4.69) is 0 Å². The highest BCUT2D eigenvalue weighted by Crippen LogP contribution is 2.20. The second kappa shape index (κ2) is 5.63. The lowest BCUT2D eigenvalue weighted by Crippen LogP contribution is -2.46. The molecule has 1 fully saturated rings. The number of carbonyl (C=O) groups is 1. The summed E-state index contributed by atoms with van der Waals surface area (Å²) < 4.78 is 25.8. The van der Waals surface area contributed by atoms with Crippen molar-refractivity contribution >= 4 is 5.91 Å². The lowest BCUT2D eigenvalue weighted by atomic mass is 10.0. The predicted molar refractivity (Wildman–Crippen MR) is 65.4 cm³/mol. The van der Waals surface area contributed by atoms with Crippen LogP contribution < -0.4 is 5.73 Å². The van der Waals surface area contributed by atoms with Crippen molar-refractivity contribution in [1.29, 1.82) is 0 Å². The van der Waals surface area contributed by atoms with Crippen LogP contribution in [-0.4, -0.2) is 41.2 Å².